The fourth-order valence-corrected chi connectivity index (χ4v) is 2.42. The highest BCUT2D eigenvalue weighted by atomic mass is 16.6. The number of esters is 2. The number of aldehydes is 1. The van der Waals surface area contributed by atoms with Crippen molar-refractivity contribution in [2.45, 2.75) is 47.6 Å². The van der Waals surface area contributed by atoms with E-state index in [0.29, 0.717) is 16.7 Å². The second-order valence-corrected chi connectivity index (χ2v) is 6.48. The van der Waals surface area contributed by atoms with Gasteiger partial charge in [-0.05, 0) is 39.3 Å². The van der Waals surface area contributed by atoms with E-state index in [0.717, 1.165) is 6.29 Å². The molecule has 0 bridgehead atoms. The number of ether oxygens (including phenoxy) is 2. The molecule has 0 saturated carbocycles. The summed E-state index contributed by atoms with van der Waals surface area (Å²) in [6.07, 6.45) is 7.01. The van der Waals surface area contributed by atoms with E-state index in [4.69, 9.17) is 9.47 Å². The van der Waals surface area contributed by atoms with Crippen molar-refractivity contribution in [2.24, 2.45) is 5.41 Å². The highest BCUT2D eigenvalue weighted by Crippen LogP contribution is 2.35. The topological polar surface area (TPSA) is 69.7 Å². The van der Waals surface area contributed by atoms with E-state index in [-0.39, 0.29) is 12.2 Å². The van der Waals surface area contributed by atoms with Gasteiger partial charge in [-0.1, -0.05) is 32.1 Å². The smallest absolute Gasteiger partial charge is 0.338 e. The molecule has 1 aliphatic rings. The van der Waals surface area contributed by atoms with E-state index in [2.05, 4.69) is 0 Å². The van der Waals surface area contributed by atoms with Crippen LogP contribution in [0.15, 0.2) is 46.6 Å². The quantitative estimate of drug-likeness (QED) is 0.319. The van der Waals surface area contributed by atoms with E-state index < -0.39 is 23.5 Å². The zero-order valence-electron chi connectivity index (χ0n) is 15.7. The van der Waals surface area contributed by atoms with Crippen LogP contribution in [0.1, 0.15) is 41.5 Å². The highest BCUT2D eigenvalue weighted by molar-refractivity contribution is 5.91. The Bertz CT molecular complexity index is 674. The molecule has 5 heteroatoms. The Labute approximate surface area is 149 Å². The molecule has 25 heavy (non-hydrogen) atoms. The molecule has 0 spiro atoms. The predicted octanol–water partition coefficient (Wildman–Crippen LogP) is 3.47. The van der Waals surface area contributed by atoms with Gasteiger partial charge >= 0.3 is 11.9 Å². The molecule has 0 aromatic heterocycles. The largest absolute Gasteiger partial charge is 0.457 e. The van der Waals surface area contributed by atoms with Crippen molar-refractivity contribution < 1.29 is 23.9 Å². The summed E-state index contributed by atoms with van der Waals surface area (Å²) < 4.78 is 10.6. The summed E-state index contributed by atoms with van der Waals surface area (Å²) in [5.41, 5.74) is 1.63. The van der Waals surface area contributed by atoms with Crippen LogP contribution in [0.2, 0.25) is 0 Å². The van der Waals surface area contributed by atoms with Gasteiger partial charge < -0.3 is 9.47 Å². The summed E-state index contributed by atoms with van der Waals surface area (Å²) in [6, 6.07) is 0. The first-order chi connectivity index (χ1) is 11.7. The lowest BCUT2D eigenvalue weighted by atomic mass is 9.77. The van der Waals surface area contributed by atoms with E-state index in [1.54, 1.807) is 45.9 Å². The third kappa shape index (κ3) is 5.02. The van der Waals surface area contributed by atoms with Crippen LogP contribution in [-0.2, 0) is 23.9 Å². The second kappa shape index (κ2) is 8.60. The van der Waals surface area contributed by atoms with Crippen molar-refractivity contribution in [1.29, 1.82) is 0 Å². The number of carbonyl (C=O) groups excluding carboxylic acids is 3. The molecule has 1 unspecified atom stereocenters. The summed E-state index contributed by atoms with van der Waals surface area (Å²) in [7, 11) is 0. The normalized spacial score (nSPS) is 20.3. The monoisotopic (exact) mass is 346 g/mol. The average Bonchev–Trinajstić information content (AvgIpc) is 2.57. The standard InChI is InChI=1S/C20H26O5/c1-7-13(3)18(22)24-12-15(8-2)19(23)25-17-9-10-20(5,6)16(11-21)14(17)4/h7-11,17H,12H2,1-6H3/b13-7-,15-8-. The maximum absolute atomic E-state index is 12.4. The Morgan fingerprint density at radius 3 is 2.36 bits per heavy atom. The minimum atomic E-state index is -0.608. The second-order valence-electron chi connectivity index (χ2n) is 6.48. The molecule has 0 amide bonds. The lowest BCUT2D eigenvalue weighted by molar-refractivity contribution is -0.143. The maximum Gasteiger partial charge on any atom is 0.338 e. The first kappa shape index (κ1) is 20.6. The van der Waals surface area contributed by atoms with Crippen molar-refractivity contribution in [1.82, 2.24) is 0 Å². The van der Waals surface area contributed by atoms with Gasteiger partial charge in [0.05, 0.1) is 5.57 Å². The molecule has 0 saturated heterocycles. The molecule has 0 aromatic carbocycles. The van der Waals surface area contributed by atoms with Crippen LogP contribution in [0.25, 0.3) is 0 Å². The van der Waals surface area contributed by atoms with Crippen molar-refractivity contribution in [2.75, 3.05) is 6.61 Å². The fourth-order valence-electron chi connectivity index (χ4n) is 2.42. The van der Waals surface area contributed by atoms with Crippen LogP contribution in [0.3, 0.4) is 0 Å². The third-order valence-corrected chi connectivity index (χ3v) is 4.31. The van der Waals surface area contributed by atoms with Gasteiger partial charge in [-0.15, -0.1) is 0 Å². The van der Waals surface area contributed by atoms with E-state index in [1.165, 1.54) is 0 Å². The Kier molecular flexibility index (Phi) is 7.09. The van der Waals surface area contributed by atoms with Gasteiger partial charge in [0.1, 0.15) is 19.0 Å². The van der Waals surface area contributed by atoms with Crippen molar-refractivity contribution >= 4 is 18.2 Å². The van der Waals surface area contributed by atoms with Gasteiger partial charge in [0.25, 0.3) is 0 Å². The van der Waals surface area contributed by atoms with Crippen LogP contribution in [0.4, 0.5) is 0 Å². The summed E-state index contributed by atoms with van der Waals surface area (Å²) in [6.45, 7) is 10.5. The molecule has 0 fully saturated rings. The number of carbonyl (C=O) groups is 3. The first-order valence-electron chi connectivity index (χ1n) is 8.19. The number of hydrogen-bond donors (Lipinski definition) is 0. The van der Waals surface area contributed by atoms with Gasteiger partial charge in [0.2, 0.25) is 0 Å². The van der Waals surface area contributed by atoms with Gasteiger partial charge in [-0.3, -0.25) is 4.79 Å². The molecule has 1 atom stereocenters. The minimum absolute atomic E-state index is 0.162. The summed E-state index contributed by atoms with van der Waals surface area (Å²) in [5, 5.41) is 0. The van der Waals surface area contributed by atoms with Gasteiger partial charge in [-0.2, -0.15) is 0 Å². The van der Waals surface area contributed by atoms with Crippen LogP contribution >= 0.6 is 0 Å². The average molecular weight is 346 g/mol. The number of allylic oxidation sites excluding steroid dienone is 4. The molecule has 0 heterocycles. The van der Waals surface area contributed by atoms with Crippen LogP contribution < -0.4 is 0 Å². The highest BCUT2D eigenvalue weighted by Gasteiger charge is 2.31. The molecular formula is C20H26O5. The van der Waals surface area contributed by atoms with E-state index in [9.17, 15) is 14.4 Å². The summed E-state index contributed by atoms with van der Waals surface area (Å²) in [5.74, 6) is -1.05. The van der Waals surface area contributed by atoms with Crippen molar-refractivity contribution in [3.8, 4) is 0 Å². The zero-order chi connectivity index (χ0) is 19.2. The SMILES string of the molecule is C/C=C(/C)C(=O)OC/C(=C/C)C(=O)OC1C=CC(C)(C)C(C=O)=C1C. The lowest BCUT2D eigenvalue weighted by Crippen LogP contribution is -2.28. The third-order valence-electron chi connectivity index (χ3n) is 4.31. The van der Waals surface area contributed by atoms with Crippen LogP contribution in [0.5, 0.6) is 0 Å². The van der Waals surface area contributed by atoms with Crippen LogP contribution in [-0.4, -0.2) is 30.9 Å². The molecule has 5 nitrogen and oxygen atoms in total. The summed E-state index contributed by atoms with van der Waals surface area (Å²) in [4.78, 5) is 35.4. The Morgan fingerprint density at radius 2 is 1.84 bits per heavy atom. The summed E-state index contributed by atoms with van der Waals surface area (Å²) >= 11 is 0. The number of rotatable bonds is 6. The van der Waals surface area contributed by atoms with Gasteiger partial charge in [0, 0.05) is 16.6 Å². The maximum atomic E-state index is 12.4. The van der Waals surface area contributed by atoms with E-state index >= 15 is 0 Å². The molecule has 136 valence electrons. The molecule has 0 N–H and O–H groups in total. The van der Waals surface area contributed by atoms with Crippen molar-refractivity contribution in [3.05, 3.63) is 46.6 Å². The molecule has 0 aliphatic heterocycles. The first-order valence-corrected chi connectivity index (χ1v) is 8.19. The van der Waals surface area contributed by atoms with Crippen molar-refractivity contribution in [3.63, 3.8) is 0 Å². The van der Waals surface area contributed by atoms with E-state index in [1.807, 2.05) is 19.9 Å². The Balaban J connectivity index is 2.82. The molecule has 1 rings (SSSR count). The lowest BCUT2D eigenvalue weighted by Gasteiger charge is -2.30. The number of hydrogen-bond acceptors (Lipinski definition) is 5. The van der Waals surface area contributed by atoms with Gasteiger partial charge in [-0.25, -0.2) is 9.59 Å². The zero-order valence-corrected chi connectivity index (χ0v) is 15.7. The van der Waals surface area contributed by atoms with Crippen LogP contribution in [0, 0.1) is 5.41 Å². The molecular weight excluding hydrogens is 320 g/mol. The van der Waals surface area contributed by atoms with Gasteiger partial charge in [0.15, 0.2) is 0 Å². The fraction of sp³-hybridized carbons (Fsp3) is 0.450. The Morgan fingerprint density at radius 1 is 1.20 bits per heavy atom. The molecule has 1 aliphatic carbocycles. The predicted molar refractivity (Wildman–Crippen MR) is 95.7 cm³/mol. The molecule has 0 radical (unpaired) electrons. The minimum Gasteiger partial charge on any atom is -0.457 e. The Hall–Kier alpha value is -2.43. The molecule has 0 aromatic rings.